The van der Waals surface area contributed by atoms with Crippen molar-refractivity contribution in [1.29, 1.82) is 0 Å². The van der Waals surface area contributed by atoms with Crippen molar-refractivity contribution in [3.8, 4) is 0 Å². The predicted molar refractivity (Wildman–Crippen MR) is 114 cm³/mol. The Morgan fingerprint density at radius 3 is 2.52 bits per heavy atom. The summed E-state index contributed by atoms with van der Waals surface area (Å²) < 4.78 is 4.80. The zero-order chi connectivity index (χ0) is 20.8. The van der Waals surface area contributed by atoms with Crippen molar-refractivity contribution in [2.45, 2.75) is 20.3 Å². The van der Waals surface area contributed by atoms with E-state index in [0.717, 1.165) is 23.2 Å². The number of carbonyl (C=O) groups excluding carboxylic acids is 2. The van der Waals surface area contributed by atoms with Crippen LogP contribution in [0.25, 0.3) is 0 Å². The first-order chi connectivity index (χ1) is 14.0. The number of benzene rings is 2. The van der Waals surface area contributed by atoms with Crippen LogP contribution >= 0.6 is 0 Å². The van der Waals surface area contributed by atoms with Gasteiger partial charge < -0.3 is 15.4 Å². The molecule has 148 valence electrons. The van der Waals surface area contributed by atoms with Crippen molar-refractivity contribution in [2.24, 2.45) is 0 Å². The molecule has 0 fully saturated rings. The molecule has 1 amide bonds. The van der Waals surface area contributed by atoms with Crippen LogP contribution in [0.2, 0.25) is 0 Å². The second-order valence-corrected chi connectivity index (χ2v) is 6.51. The first-order valence-corrected chi connectivity index (χ1v) is 9.33. The van der Waals surface area contributed by atoms with Crippen molar-refractivity contribution in [3.63, 3.8) is 0 Å². The molecular formula is C23H23N3O3. The quantitative estimate of drug-likeness (QED) is 0.596. The highest BCUT2D eigenvalue weighted by atomic mass is 16.5. The van der Waals surface area contributed by atoms with Gasteiger partial charge in [0, 0.05) is 5.69 Å². The molecule has 0 aliphatic heterocycles. The van der Waals surface area contributed by atoms with Crippen LogP contribution in [0.15, 0.2) is 60.8 Å². The smallest absolute Gasteiger partial charge is 0.339 e. The number of esters is 1. The van der Waals surface area contributed by atoms with Crippen molar-refractivity contribution in [2.75, 3.05) is 17.7 Å². The van der Waals surface area contributed by atoms with Gasteiger partial charge in [0.25, 0.3) is 5.91 Å². The number of rotatable bonds is 6. The summed E-state index contributed by atoms with van der Waals surface area (Å²) in [5.41, 5.74) is 4.90. The molecule has 0 radical (unpaired) electrons. The number of methoxy groups -OCH3 is 1. The molecule has 0 unspecified atom stereocenters. The molecule has 3 rings (SSSR count). The molecule has 0 aliphatic rings. The third kappa shape index (κ3) is 4.60. The average Bonchev–Trinajstić information content (AvgIpc) is 2.75. The number of anilines is 3. The molecule has 0 saturated heterocycles. The normalized spacial score (nSPS) is 10.3. The summed E-state index contributed by atoms with van der Waals surface area (Å²) in [5.74, 6) is -0.697. The maximum absolute atomic E-state index is 12.6. The molecule has 6 heteroatoms. The Morgan fingerprint density at radius 1 is 1.03 bits per heavy atom. The highest BCUT2D eigenvalue weighted by Gasteiger charge is 2.13. The highest BCUT2D eigenvalue weighted by Crippen LogP contribution is 2.23. The van der Waals surface area contributed by atoms with Gasteiger partial charge in [-0.1, -0.05) is 37.3 Å². The molecule has 0 atom stereocenters. The van der Waals surface area contributed by atoms with E-state index in [2.05, 4.69) is 22.5 Å². The Bertz CT molecular complexity index is 1030. The largest absolute Gasteiger partial charge is 0.465 e. The standard InChI is InChI=1S/C23H23N3O3/c1-4-16-9-7-8-15(2)21(16)26-22(27)20-13-12-17(14-24-20)25-19-11-6-5-10-18(19)23(28)29-3/h5-14,25H,4H2,1-3H3,(H,26,27). The molecule has 1 aromatic heterocycles. The van der Waals surface area contributed by atoms with Gasteiger partial charge in [0.2, 0.25) is 0 Å². The van der Waals surface area contributed by atoms with E-state index < -0.39 is 5.97 Å². The number of para-hydroxylation sites is 2. The van der Waals surface area contributed by atoms with E-state index in [1.165, 1.54) is 7.11 Å². The number of aromatic nitrogens is 1. The van der Waals surface area contributed by atoms with Gasteiger partial charge in [-0.25, -0.2) is 9.78 Å². The lowest BCUT2D eigenvalue weighted by Crippen LogP contribution is -2.15. The van der Waals surface area contributed by atoms with E-state index in [1.54, 1.807) is 36.5 Å². The fraction of sp³-hybridized carbons (Fsp3) is 0.174. The van der Waals surface area contributed by atoms with Gasteiger partial charge in [0.1, 0.15) is 5.69 Å². The molecule has 0 spiro atoms. The van der Waals surface area contributed by atoms with E-state index in [0.29, 0.717) is 22.6 Å². The predicted octanol–water partition coefficient (Wildman–Crippen LogP) is 4.73. The van der Waals surface area contributed by atoms with Crippen molar-refractivity contribution < 1.29 is 14.3 Å². The van der Waals surface area contributed by atoms with Crippen LogP contribution in [0.4, 0.5) is 17.1 Å². The summed E-state index contributed by atoms with van der Waals surface area (Å²) >= 11 is 0. The first-order valence-electron chi connectivity index (χ1n) is 9.33. The van der Waals surface area contributed by atoms with E-state index in [1.807, 2.05) is 31.2 Å². The van der Waals surface area contributed by atoms with Crippen LogP contribution in [0.5, 0.6) is 0 Å². The van der Waals surface area contributed by atoms with Crippen molar-refractivity contribution in [1.82, 2.24) is 4.98 Å². The Labute approximate surface area is 169 Å². The second kappa shape index (κ2) is 9.01. The van der Waals surface area contributed by atoms with Crippen molar-refractivity contribution >= 4 is 28.9 Å². The minimum atomic E-state index is -0.429. The second-order valence-electron chi connectivity index (χ2n) is 6.51. The van der Waals surface area contributed by atoms with Gasteiger partial charge in [-0.05, 0) is 48.7 Å². The number of aryl methyl sites for hydroxylation is 2. The van der Waals surface area contributed by atoms with E-state index in [4.69, 9.17) is 4.74 Å². The molecule has 6 nitrogen and oxygen atoms in total. The number of hydrogen-bond donors (Lipinski definition) is 2. The van der Waals surface area contributed by atoms with Gasteiger partial charge in [-0.2, -0.15) is 0 Å². The van der Waals surface area contributed by atoms with Gasteiger partial charge in [-0.15, -0.1) is 0 Å². The van der Waals surface area contributed by atoms with E-state index in [9.17, 15) is 9.59 Å². The first kappa shape index (κ1) is 20.1. The monoisotopic (exact) mass is 389 g/mol. The summed E-state index contributed by atoms with van der Waals surface area (Å²) in [6, 6.07) is 16.4. The Balaban J connectivity index is 1.76. The molecule has 2 aromatic carbocycles. The number of carbonyl (C=O) groups is 2. The minimum Gasteiger partial charge on any atom is -0.465 e. The SMILES string of the molecule is CCc1cccc(C)c1NC(=O)c1ccc(Nc2ccccc2C(=O)OC)cn1. The number of pyridine rings is 1. The summed E-state index contributed by atoms with van der Waals surface area (Å²) in [6.45, 7) is 4.02. The van der Waals surface area contributed by atoms with Crippen LogP contribution in [-0.4, -0.2) is 24.0 Å². The third-order valence-electron chi connectivity index (χ3n) is 4.59. The van der Waals surface area contributed by atoms with E-state index in [-0.39, 0.29) is 5.91 Å². The molecule has 2 N–H and O–H groups in total. The van der Waals surface area contributed by atoms with Crippen LogP contribution in [-0.2, 0) is 11.2 Å². The molecule has 3 aromatic rings. The lowest BCUT2D eigenvalue weighted by atomic mass is 10.1. The minimum absolute atomic E-state index is 0.268. The fourth-order valence-electron chi connectivity index (χ4n) is 3.02. The van der Waals surface area contributed by atoms with Crippen molar-refractivity contribution in [3.05, 3.63) is 83.2 Å². The van der Waals surface area contributed by atoms with Gasteiger partial charge in [0.05, 0.1) is 30.2 Å². The fourth-order valence-corrected chi connectivity index (χ4v) is 3.02. The summed E-state index contributed by atoms with van der Waals surface area (Å²) in [4.78, 5) is 28.8. The van der Waals surface area contributed by atoms with Crippen LogP contribution in [0.3, 0.4) is 0 Å². The van der Waals surface area contributed by atoms with Gasteiger partial charge in [-0.3, -0.25) is 4.79 Å². The lowest BCUT2D eigenvalue weighted by molar-refractivity contribution is 0.0601. The molecule has 1 heterocycles. The highest BCUT2D eigenvalue weighted by molar-refractivity contribution is 6.04. The van der Waals surface area contributed by atoms with Gasteiger partial charge in [0.15, 0.2) is 0 Å². The third-order valence-corrected chi connectivity index (χ3v) is 4.59. The summed E-state index contributed by atoms with van der Waals surface area (Å²) in [5, 5.41) is 6.10. The Kier molecular flexibility index (Phi) is 6.24. The molecule has 0 aliphatic carbocycles. The Hall–Kier alpha value is -3.67. The lowest BCUT2D eigenvalue weighted by Gasteiger charge is -2.13. The Morgan fingerprint density at radius 2 is 1.83 bits per heavy atom. The van der Waals surface area contributed by atoms with Crippen LogP contribution in [0, 0.1) is 6.92 Å². The van der Waals surface area contributed by atoms with E-state index >= 15 is 0 Å². The molecule has 29 heavy (non-hydrogen) atoms. The zero-order valence-electron chi connectivity index (χ0n) is 16.7. The summed E-state index contributed by atoms with van der Waals surface area (Å²) in [6.07, 6.45) is 2.38. The topological polar surface area (TPSA) is 80.3 Å². The summed E-state index contributed by atoms with van der Waals surface area (Å²) in [7, 11) is 1.34. The van der Waals surface area contributed by atoms with Crippen LogP contribution < -0.4 is 10.6 Å². The number of nitrogens with zero attached hydrogens (tertiary/aromatic N) is 1. The zero-order valence-corrected chi connectivity index (χ0v) is 16.7. The molecular weight excluding hydrogens is 366 g/mol. The van der Waals surface area contributed by atoms with Gasteiger partial charge >= 0.3 is 5.97 Å². The number of nitrogens with one attached hydrogen (secondary N) is 2. The number of hydrogen-bond acceptors (Lipinski definition) is 5. The average molecular weight is 389 g/mol. The molecule has 0 saturated carbocycles. The van der Waals surface area contributed by atoms with Crippen LogP contribution in [0.1, 0.15) is 38.9 Å². The maximum Gasteiger partial charge on any atom is 0.339 e. The number of ether oxygens (including phenoxy) is 1. The maximum atomic E-state index is 12.6. The number of amides is 1. The molecule has 0 bridgehead atoms.